The Morgan fingerprint density at radius 2 is 2.27 bits per heavy atom. The Morgan fingerprint density at radius 3 is 2.73 bits per heavy atom. The number of nitrogens with zero attached hydrogens (tertiary/aromatic N) is 1. The van der Waals surface area contributed by atoms with Crippen LogP contribution in [0.25, 0.3) is 0 Å². The van der Waals surface area contributed by atoms with Crippen molar-refractivity contribution in [3.8, 4) is 0 Å². The van der Waals surface area contributed by atoms with Crippen LogP contribution in [0, 0.1) is 0 Å². The number of nitrogens with two attached hydrogens (primary N) is 2. The van der Waals surface area contributed by atoms with Gasteiger partial charge in [0.05, 0.1) is 11.3 Å². The van der Waals surface area contributed by atoms with Gasteiger partial charge < -0.3 is 11.5 Å². The maximum absolute atomic E-state index is 10.7. The molecule has 0 saturated heterocycles. The van der Waals surface area contributed by atoms with Gasteiger partial charge in [0, 0.05) is 6.20 Å². The molecule has 4 nitrogen and oxygen atoms in total. The molecule has 1 heterocycles. The van der Waals surface area contributed by atoms with Crippen molar-refractivity contribution in [3.05, 3.63) is 22.4 Å². The molecule has 4 N–H and O–H groups in total. The number of primary amides is 1. The third-order valence-electron chi connectivity index (χ3n) is 1.21. The van der Waals surface area contributed by atoms with Gasteiger partial charge in [0.15, 0.2) is 0 Å². The Bertz CT molecular complexity index is 300. The zero-order valence-corrected chi connectivity index (χ0v) is 7.13. The molecule has 0 bridgehead atoms. The van der Waals surface area contributed by atoms with Crippen molar-refractivity contribution in [1.29, 1.82) is 0 Å². The van der Waals surface area contributed by atoms with E-state index < -0.39 is 5.91 Å². The van der Waals surface area contributed by atoms with Gasteiger partial charge in [0.2, 0.25) is 0 Å². The van der Waals surface area contributed by atoms with E-state index in [9.17, 15) is 4.79 Å². The van der Waals surface area contributed by atoms with Crippen LogP contribution in [-0.2, 0) is 0 Å². The van der Waals surface area contributed by atoms with E-state index in [4.69, 9.17) is 11.5 Å². The van der Waals surface area contributed by atoms with Crippen molar-refractivity contribution in [2.24, 2.45) is 5.73 Å². The van der Waals surface area contributed by atoms with E-state index >= 15 is 0 Å². The first kappa shape index (κ1) is 8.00. The number of halogens is 1. The van der Waals surface area contributed by atoms with Crippen LogP contribution in [-0.4, -0.2) is 10.9 Å². The number of hydrogen-bond acceptors (Lipinski definition) is 3. The third-order valence-corrected chi connectivity index (χ3v) is 1.84. The molecule has 0 saturated carbocycles. The molecule has 0 radical (unpaired) electrons. The van der Waals surface area contributed by atoms with Crippen LogP contribution in [0.4, 0.5) is 5.69 Å². The highest BCUT2D eigenvalue weighted by Crippen LogP contribution is 2.19. The molecule has 1 amide bonds. The summed E-state index contributed by atoms with van der Waals surface area (Å²) in [6.45, 7) is 0. The Labute approximate surface area is 71.7 Å². The van der Waals surface area contributed by atoms with Gasteiger partial charge in [-0.1, -0.05) is 0 Å². The molecule has 0 unspecified atom stereocenters. The van der Waals surface area contributed by atoms with E-state index in [0.29, 0.717) is 4.60 Å². The average molecular weight is 216 g/mol. The van der Waals surface area contributed by atoms with E-state index in [1.807, 2.05) is 0 Å². The van der Waals surface area contributed by atoms with Crippen LogP contribution in [0.1, 0.15) is 10.4 Å². The summed E-state index contributed by atoms with van der Waals surface area (Å²) in [5.41, 5.74) is 11.1. The normalized spacial score (nSPS) is 9.55. The molecule has 0 fully saturated rings. The molecule has 1 rings (SSSR count). The second kappa shape index (κ2) is 2.87. The molecule has 0 aliphatic heterocycles. The predicted octanol–water partition coefficient (Wildman–Crippen LogP) is 0.525. The first-order valence-corrected chi connectivity index (χ1v) is 3.62. The minimum Gasteiger partial charge on any atom is -0.396 e. The van der Waals surface area contributed by atoms with Crippen LogP contribution >= 0.6 is 15.9 Å². The lowest BCUT2D eigenvalue weighted by Gasteiger charge is -2.00. The molecule has 0 atom stereocenters. The number of rotatable bonds is 1. The van der Waals surface area contributed by atoms with Gasteiger partial charge >= 0.3 is 0 Å². The summed E-state index contributed by atoms with van der Waals surface area (Å²) >= 11 is 3.07. The van der Waals surface area contributed by atoms with Gasteiger partial charge in [-0.15, -0.1) is 0 Å². The summed E-state index contributed by atoms with van der Waals surface area (Å²) in [6, 6.07) is 1.47. The molecular formula is C6H6BrN3O. The number of aromatic nitrogens is 1. The molecule has 0 aliphatic rings. The summed E-state index contributed by atoms with van der Waals surface area (Å²) in [4.78, 5) is 14.5. The molecular weight excluding hydrogens is 210 g/mol. The van der Waals surface area contributed by atoms with Crippen molar-refractivity contribution in [2.75, 3.05) is 5.73 Å². The maximum atomic E-state index is 10.7. The van der Waals surface area contributed by atoms with Crippen LogP contribution < -0.4 is 11.5 Å². The number of anilines is 1. The number of nitrogen functional groups attached to an aromatic ring is 1. The minimum atomic E-state index is -0.550. The smallest absolute Gasteiger partial charge is 0.250 e. The highest BCUT2D eigenvalue weighted by molar-refractivity contribution is 9.10. The first-order chi connectivity index (χ1) is 5.13. The van der Waals surface area contributed by atoms with Crippen LogP contribution in [0.5, 0.6) is 0 Å². The Morgan fingerprint density at radius 1 is 1.64 bits per heavy atom. The lowest BCUT2D eigenvalue weighted by Crippen LogP contribution is -2.13. The van der Waals surface area contributed by atoms with E-state index in [-0.39, 0.29) is 11.3 Å². The minimum absolute atomic E-state index is 0.278. The van der Waals surface area contributed by atoms with Crippen LogP contribution in [0.2, 0.25) is 0 Å². The van der Waals surface area contributed by atoms with Gasteiger partial charge in [-0.05, 0) is 22.0 Å². The number of pyridine rings is 1. The monoisotopic (exact) mass is 215 g/mol. The molecule has 1 aromatic rings. The molecule has 58 valence electrons. The van der Waals surface area contributed by atoms with Gasteiger partial charge in [-0.2, -0.15) is 0 Å². The summed E-state index contributed by atoms with van der Waals surface area (Å²) in [6.07, 6.45) is 1.46. The Kier molecular flexibility index (Phi) is 2.09. The summed E-state index contributed by atoms with van der Waals surface area (Å²) < 4.78 is 0.439. The maximum Gasteiger partial charge on any atom is 0.250 e. The number of carbonyl (C=O) groups excluding carboxylic acids is 1. The molecule has 0 spiro atoms. The standard InChI is InChI=1S/C6H6BrN3O/c7-5-4(8)3(6(9)11)1-2-10-5/h1-2H,8H2,(H2,9,11). The van der Waals surface area contributed by atoms with Crippen molar-refractivity contribution in [2.45, 2.75) is 0 Å². The van der Waals surface area contributed by atoms with Crippen molar-refractivity contribution in [3.63, 3.8) is 0 Å². The lowest BCUT2D eigenvalue weighted by molar-refractivity contribution is 0.100. The Balaban J connectivity index is 3.27. The van der Waals surface area contributed by atoms with Crippen LogP contribution in [0.15, 0.2) is 16.9 Å². The van der Waals surface area contributed by atoms with E-state index in [2.05, 4.69) is 20.9 Å². The number of carbonyl (C=O) groups is 1. The highest BCUT2D eigenvalue weighted by Gasteiger charge is 2.07. The highest BCUT2D eigenvalue weighted by atomic mass is 79.9. The number of amides is 1. The third kappa shape index (κ3) is 1.48. The van der Waals surface area contributed by atoms with E-state index in [1.165, 1.54) is 12.3 Å². The van der Waals surface area contributed by atoms with Crippen molar-refractivity contribution < 1.29 is 4.79 Å². The SMILES string of the molecule is NC(=O)c1ccnc(Br)c1N. The fraction of sp³-hybridized carbons (Fsp3) is 0. The fourth-order valence-electron chi connectivity index (χ4n) is 0.663. The lowest BCUT2D eigenvalue weighted by atomic mass is 10.2. The zero-order valence-electron chi connectivity index (χ0n) is 5.54. The van der Waals surface area contributed by atoms with Gasteiger partial charge in [0.25, 0.3) is 5.91 Å². The molecule has 0 aromatic carbocycles. The molecule has 11 heavy (non-hydrogen) atoms. The number of hydrogen-bond donors (Lipinski definition) is 2. The quantitative estimate of drug-likeness (QED) is 0.671. The zero-order chi connectivity index (χ0) is 8.43. The topological polar surface area (TPSA) is 82.0 Å². The summed E-state index contributed by atoms with van der Waals surface area (Å²) in [7, 11) is 0. The second-order valence-electron chi connectivity index (χ2n) is 1.93. The Hall–Kier alpha value is -1.10. The van der Waals surface area contributed by atoms with Crippen molar-refractivity contribution >= 4 is 27.5 Å². The second-order valence-corrected chi connectivity index (χ2v) is 2.68. The van der Waals surface area contributed by atoms with E-state index in [0.717, 1.165) is 0 Å². The van der Waals surface area contributed by atoms with E-state index in [1.54, 1.807) is 0 Å². The first-order valence-electron chi connectivity index (χ1n) is 2.82. The van der Waals surface area contributed by atoms with Crippen molar-refractivity contribution in [1.82, 2.24) is 4.98 Å². The fourth-order valence-corrected chi connectivity index (χ4v) is 0.994. The van der Waals surface area contributed by atoms with Gasteiger partial charge in [0.1, 0.15) is 4.60 Å². The average Bonchev–Trinajstić information content (AvgIpc) is 1.94. The van der Waals surface area contributed by atoms with Crippen LogP contribution in [0.3, 0.4) is 0 Å². The predicted molar refractivity (Wildman–Crippen MR) is 44.9 cm³/mol. The molecule has 0 aliphatic carbocycles. The largest absolute Gasteiger partial charge is 0.396 e. The molecule has 5 heteroatoms. The summed E-state index contributed by atoms with van der Waals surface area (Å²) in [5.74, 6) is -0.550. The molecule has 1 aromatic heterocycles. The van der Waals surface area contributed by atoms with Gasteiger partial charge in [-0.25, -0.2) is 4.98 Å². The summed E-state index contributed by atoms with van der Waals surface area (Å²) in [5, 5.41) is 0. The van der Waals surface area contributed by atoms with Gasteiger partial charge in [-0.3, -0.25) is 4.79 Å².